The fourth-order valence-electron chi connectivity index (χ4n) is 4.92. The zero-order chi connectivity index (χ0) is 28.4. The zero-order valence-corrected chi connectivity index (χ0v) is 23.3. The van der Waals surface area contributed by atoms with E-state index in [2.05, 4.69) is 10.1 Å². The summed E-state index contributed by atoms with van der Waals surface area (Å²) in [6.07, 6.45) is 7.92. The molecule has 3 heterocycles. The van der Waals surface area contributed by atoms with Gasteiger partial charge in [0.05, 0.1) is 22.9 Å². The number of halogens is 3. The largest absolute Gasteiger partial charge is 0.484 e. The van der Waals surface area contributed by atoms with Crippen LogP contribution in [0.5, 0.6) is 5.75 Å². The van der Waals surface area contributed by atoms with Crippen molar-refractivity contribution in [2.45, 2.75) is 38.0 Å². The van der Waals surface area contributed by atoms with Gasteiger partial charge in [0.2, 0.25) is 5.91 Å². The first-order chi connectivity index (χ1) is 19.2. The molecule has 1 amide bonds. The van der Waals surface area contributed by atoms with Crippen LogP contribution >= 0.6 is 23.2 Å². The number of carbonyl (C=O) groups is 1. The standard InChI is InChI=1S/C29H29Cl2FN6O2/c1-17(26-22(30)5-6-23(32)27(26)31)40-25-13-18(4-7-24(25)33)20-15-36-38(16-20)21-8-11-37(12-9-21)29(39)28(34)19-3-2-10-35-14-19/h2-7,10,13-17,21,28H,8-9,11-12,33-34H2,1H3/t17?,28-/m1/s1. The summed E-state index contributed by atoms with van der Waals surface area (Å²) in [5.41, 5.74) is 15.6. The van der Waals surface area contributed by atoms with E-state index < -0.39 is 18.0 Å². The number of piperidine rings is 1. The number of nitrogens with zero attached hydrogens (tertiary/aromatic N) is 4. The van der Waals surface area contributed by atoms with E-state index in [0.29, 0.717) is 40.7 Å². The smallest absolute Gasteiger partial charge is 0.244 e. The average molecular weight is 583 g/mol. The molecular formula is C29H29Cl2FN6O2. The van der Waals surface area contributed by atoms with Crippen LogP contribution in [0.25, 0.3) is 11.1 Å². The van der Waals surface area contributed by atoms with E-state index in [1.54, 1.807) is 42.5 Å². The molecule has 0 radical (unpaired) electrons. The molecule has 208 valence electrons. The van der Waals surface area contributed by atoms with E-state index >= 15 is 0 Å². The molecule has 1 fully saturated rings. The highest BCUT2D eigenvalue weighted by molar-refractivity contribution is 6.36. The van der Waals surface area contributed by atoms with Crippen LogP contribution in [0, 0.1) is 5.82 Å². The van der Waals surface area contributed by atoms with Crippen LogP contribution < -0.4 is 16.2 Å². The van der Waals surface area contributed by atoms with Gasteiger partial charge in [-0.25, -0.2) is 4.39 Å². The number of rotatable bonds is 7. The molecule has 2 atom stereocenters. The number of pyridine rings is 1. The SMILES string of the molecule is CC(Oc1cc(-c2cnn(C3CCN(C(=O)[C@H](N)c4cccnc4)CC3)c2)ccc1N)c1c(Cl)ccc(F)c1Cl. The second kappa shape index (κ2) is 11.8. The summed E-state index contributed by atoms with van der Waals surface area (Å²) in [5, 5.41) is 4.82. The Morgan fingerprint density at radius 2 is 1.90 bits per heavy atom. The van der Waals surface area contributed by atoms with Crippen molar-refractivity contribution < 1.29 is 13.9 Å². The number of nitrogen functional groups attached to an aromatic ring is 1. The molecule has 0 aliphatic carbocycles. The van der Waals surface area contributed by atoms with Gasteiger partial charge in [-0.1, -0.05) is 35.3 Å². The van der Waals surface area contributed by atoms with Crippen LogP contribution in [0.1, 0.15) is 49.1 Å². The summed E-state index contributed by atoms with van der Waals surface area (Å²) in [6, 6.07) is 11.1. The molecule has 2 aromatic heterocycles. The maximum absolute atomic E-state index is 14.0. The van der Waals surface area contributed by atoms with E-state index in [-0.39, 0.29) is 17.0 Å². The molecule has 1 aliphatic rings. The lowest BCUT2D eigenvalue weighted by Crippen LogP contribution is -2.43. The number of nitrogens with two attached hydrogens (primary N) is 2. The number of aromatic nitrogens is 3. The molecule has 40 heavy (non-hydrogen) atoms. The highest BCUT2D eigenvalue weighted by Gasteiger charge is 2.28. The van der Waals surface area contributed by atoms with Gasteiger partial charge in [-0.2, -0.15) is 5.10 Å². The van der Waals surface area contributed by atoms with Gasteiger partial charge in [0.15, 0.2) is 0 Å². The number of ether oxygens (including phenoxy) is 1. The maximum Gasteiger partial charge on any atom is 0.244 e. The molecule has 4 aromatic rings. The zero-order valence-electron chi connectivity index (χ0n) is 21.8. The predicted octanol–water partition coefficient (Wildman–Crippen LogP) is 5.98. The van der Waals surface area contributed by atoms with Crippen molar-refractivity contribution >= 4 is 34.8 Å². The summed E-state index contributed by atoms with van der Waals surface area (Å²) < 4.78 is 22.1. The molecule has 2 aromatic carbocycles. The molecule has 11 heteroatoms. The minimum absolute atomic E-state index is 0.0807. The van der Waals surface area contributed by atoms with Gasteiger partial charge < -0.3 is 21.1 Å². The van der Waals surface area contributed by atoms with E-state index in [9.17, 15) is 9.18 Å². The van der Waals surface area contributed by atoms with Gasteiger partial charge in [0.25, 0.3) is 0 Å². The van der Waals surface area contributed by atoms with Crippen molar-refractivity contribution in [3.8, 4) is 16.9 Å². The van der Waals surface area contributed by atoms with Crippen LogP contribution in [0.3, 0.4) is 0 Å². The third-order valence-electron chi connectivity index (χ3n) is 7.20. The van der Waals surface area contributed by atoms with E-state index in [0.717, 1.165) is 24.0 Å². The third-order valence-corrected chi connectivity index (χ3v) is 7.91. The number of hydrogen-bond acceptors (Lipinski definition) is 6. The average Bonchev–Trinajstić information content (AvgIpc) is 3.47. The Morgan fingerprint density at radius 1 is 1.12 bits per heavy atom. The first-order valence-electron chi connectivity index (χ1n) is 12.9. The van der Waals surface area contributed by atoms with Crippen molar-refractivity contribution in [2.75, 3.05) is 18.8 Å². The number of benzene rings is 2. The minimum Gasteiger partial charge on any atom is -0.484 e. The summed E-state index contributed by atoms with van der Waals surface area (Å²) in [6.45, 7) is 2.92. The third kappa shape index (κ3) is 5.77. The number of amides is 1. The number of carbonyl (C=O) groups excluding carboxylic acids is 1. The van der Waals surface area contributed by atoms with E-state index in [1.165, 1.54) is 12.1 Å². The molecule has 1 aliphatic heterocycles. The number of likely N-dealkylation sites (tertiary alicyclic amines) is 1. The molecule has 0 saturated carbocycles. The second-order valence-corrected chi connectivity index (χ2v) is 10.6. The fourth-order valence-corrected chi connectivity index (χ4v) is 5.60. The van der Waals surface area contributed by atoms with Gasteiger partial charge >= 0.3 is 0 Å². The first kappa shape index (κ1) is 27.9. The Bertz CT molecular complexity index is 1510. The van der Waals surface area contributed by atoms with Crippen molar-refractivity contribution in [1.82, 2.24) is 19.7 Å². The number of hydrogen-bond donors (Lipinski definition) is 2. The van der Waals surface area contributed by atoms with Crippen LogP contribution in [-0.4, -0.2) is 38.7 Å². The highest BCUT2D eigenvalue weighted by atomic mass is 35.5. The van der Waals surface area contributed by atoms with Gasteiger partial charge in [-0.3, -0.25) is 14.5 Å². The van der Waals surface area contributed by atoms with Gasteiger partial charge in [-0.15, -0.1) is 0 Å². The maximum atomic E-state index is 14.0. The summed E-state index contributed by atoms with van der Waals surface area (Å²) >= 11 is 12.4. The lowest BCUT2D eigenvalue weighted by atomic mass is 10.0. The fraction of sp³-hybridized carbons (Fsp3) is 0.276. The summed E-state index contributed by atoms with van der Waals surface area (Å²) in [5.74, 6) is -0.250. The molecular weight excluding hydrogens is 554 g/mol. The van der Waals surface area contributed by atoms with Crippen molar-refractivity contribution in [1.29, 1.82) is 0 Å². The monoisotopic (exact) mass is 582 g/mol. The van der Waals surface area contributed by atoms with E-state index in [4.69, 9.17) is 39.4 Å². The Hall–Kier alpha value is -3.66. The molecule has 4 N–H and O–H groups in total. The lowest BCUT2D eigenvalue weighted by molar-refractivity contribution is -0.134. The number of anilines is 1. The Morgan fingerprint density at radius 3 is 2.62 bits per heavy atom. The van der Waals surface area contributed by atoms with Crippen molar-refractivity contribution in [2.24, 2.45) is 5.73 Å². The molecule has 1 unspecified atom stereocenters. The predicted molar refractivity (Wildman–Crippen MR) is 154 cm³/mol. The normalized spacial score (nSPS) is 15.6. The lowest BCUT2D eigenvalue weighted by Gasteiger charge is -2.33. The van der Waals surface area contributed by atoms with Gasteiger partial charge in [-0.05, 0) is 61.2 Å². The van der Waals surface area contributed by atoms with E-state index in [1.807, 2.05) is 29.1 Å². The van der Waals surface area contributed by atoms with Crippen LogP contribution in [0.15, 0.2) is 67.3 Å². The topological polar surface area (TPSA) is 112 Å². The first-order valence-corrected chi connectivity index (χ1v) is 13.7. The van der Waals surface area contributed by atoms with Crippen molar-refractivity contribution in [3.63, 3.8) is 0 Å². The minimum atomic E-state index is -0.723. The summed E-state index contributed by atoms with van der Waals surface area (Å²) in [4.78, 5) is 18.8. The van der Waals surface area contributed by atoms with Crippen LogP contribution in [0.4, 0.5) is 10.1 Å². The van der Waals surface area contributed by atoms with Crippen LogP contribution in [-0.2, 0) is 4.79 Å². The molecule has 8 nitrogen and oxygen atoms in total. The quantitative estimate of drug-likeness (QED) is 0.205. The Balaban J connectivity index is 1.25. The molecule has 0 bridgehead atoms. The highest BCUT2D eigenvalue weighted by Crippen LogP contribution is 2.38. The summed E-state index contributed by atoms with van der Waals surface area (Å²) in [7, 11) is 0. The molecule has 5 rings (SSSR count). The Labute approximate surface area is 241 Å². The molecule has 1 saturated heterocycles. The van der Waals surface area contributed by atoms with Crippen LogP contribution in [0.2, 0.25) is 10.0 Å². The van der Waals surface area contributed by atoms with Gasteiger partial charge in [0.1, 0.15) is 23.7 Å². The second-order valence-electron chi connectivity index (χ2n) is 9.80. The van der Waals surface area contributed by atoms with Gasteiger partial charge in [0, 0.05) is 47.8 Å². The Kier molecular flexibility index (Phi) is 8.25. The molecule has 0 spiro atoms. The van der Waals surface area contributed by atoms with Crippen molar-refractivity contribution in [3.05, 3.63) is 94.2 Å².